The molecule has 1 amide bonds. The number of benzene rings is 1. The summed E-state index contributed by atoms with van der Waals surface area (Å²) in [5.41, 5.74) is 1.08. The van der Waals surface area contributed by atoms with Crippen LogP contribution in [0.15, 0.2) is 22.5 Å². The molecule has 0 fully saturated rings. The number of amides is 1. The first-order valence-electron chi connectivity index (χ1n) is 8.66. The number of halogens is 1. The Kier molecular flexibility index (Phi) is 8.47. The molecule has 0 bridgehead atoms. The Labute approximate surface area is 188 Å². The number of carbonyl (C=O) groups is 2. The van der Waals surface area contributed by atoms with Crippen LogP contribution in [0.1, 0.15) is 18.9 Å². The third kappa shape index (κ3) is 6.30. The number of rotatable bonds is 9. The first-order valence-corrected chi connectivity index (χ1v) is 12.7. The number of methoxy groups -OCH3 is 1. The quantitative estimate of drug-likeness (QED) is 0.322. The van der Waals surface area contributed by atoms with Crippen LogP contribution in [0.5, 0.6) is 0 Å². The Hall–Kier alpha value is -1.89. The second-order valence-electron chi connectivity index (χ2n) is 6.14. The van der Waals surface area contributed by atoms with E-state index in [4.69, 9.17) is 11.6 Å². The minimum Gasteiger partial charge on any atom is -0.468 e. The molecule has 0 spiro atoms. The molecule has 0 aliphatic carbocycles. The van der Waals surface area contributed by atoms with Crippen LogP contribution in [0.3, 0.4) is 0 Å². The number of nitrogens with zero attached hydrogens (tertiary/aromatic N) is 3. The van der Waals surface area contributed by atoms with Crippen LogP contribution in [0.25, 0.3) is 0 Å². The van der Waals surface area contributed by atoms with Gasteiger partial charge in [0.25, 0.3) is 0 Å². The monoisotopic (exact) mass is 492 g/mol. The van der Waals surface area contributed by atoms with Crippen LogP contribution in [0.4, 0.5) is 10.8 Å². The average molecular weight is 493 g/mol. The lowest BCUT2D eigenvalue weighted by Gasteiger charge is -2.30. The summed E-state index contributed by atoms with van der Waals surface area (Å²) >= 11 is 8.35. The van der Waals surface area contributed by atoms with Gasteiger partial charge in [-0.1, -0.05) is 47.7 Å². The second kappa shape index (κ2) is 10.4. The van der Waals surface area contributed by atoms with E-state index in [1.807, 2.05) is 0 Å². The van der Waals surface area contributed by atoms with Crippen molar-refractivity contribution in [1.29, 1.82) is 0 Å². The van der Waals surface area contributed by atoms with E-state index in [0.29, 0.717) is 15.0 Å². The molecule has 0 aliphatic rings. The van der Waals surface area contributed by atoms with Gasteiger partial charge < -0.3 is 4.74 Å². The Morgan fingerprint density at radius 2 is 2.07 bits per heavy atom. The maximum atomic E-state index is 12.9. The molecule has 13 heteroatoms. The topological polar surface area (TPSA) is 119 Å². The zero-order valence-corrected chi connectivity index (χ0v) is 19.9. The third-order valence-corrected chi connectivity index (χ3v) is 7.45. The van der Waals surface area contributed by atoms with Gasteiger partial charge in [0.15, 0.2) is 4.34 Å². The van der Waals surface area contributed by atoms with E-state index in [2.05, 4.69) is 20.3 Å². The van der Waals surface area contributed by atoms with Crippen molar-refractivity contribution < 1.29 is 22.7 Å². The molecular formula is C17H21ClN4O5S3. The number of sulfonamides is 1. The highest BCUT2D eigenvalue weighted by atomic mass is 35.5. The van der Waals surface area contributed by atoms with Crippen molar-refractivity contribution in [2.75, 3.05) is 28.7 Å². The lowest BCUT2D eigenvalue weighted by molar-refractivity contribution is -0.137. The molecule has 1 heterocycles. The molecule has 1 atom stereocenters. The Balaban J connectivity index is 2.23. The van der Waals surface area contributed by atoms with Gasteiger partial charge >= 0.3 is 5.97 Å². The smallest absolute Gasteiger partial charge is 0.316 e. The van der Waals surface area contributed by atoms with Gasteiger partial charge in [-0.15, -0.1) is 10.2 Å². The molecule has 0 radical (unpaired) electrons. The number of hydrogen-bond acceptors (Lipinski definition) is 9. The fourth-order valence-electron chi connectivity index (χ4n) is 2.47. The molecule has 164 valence electrons. The van der Waals surface area contributed by atoms with Crippen molar-refractivity contribution in [3.05, 3.63) is 28.8 Å². The summed E-state index contributed by atoms with van der Waals surface area (Å²) in [6, 6.07) is 3.79. The van der Waals surface area contributed by atoms with Gasteiger partial charge in [-0.05, 0) is 31.0 Å². The molecule has 0 aliphatic heterocycles. The fraction of sp³-hybridized carbons (Fsp3) is 0.412. The predicted octanol–water partition coefficient (Wildman–Crippen LogP) is 2.95. The van der Waals surface area contributed by atoms with Gasteiger partial charge in [-0.2, -0.15) is 0 Å². The minimum absolute atomic E-state index is 0.0622. The van der Waals surface area contributed by atoms with Gasteiger partial charge in [0.1, 0.15) is 6.04 Å². The molecular weight excluding hydrogens is 472 g/mol. The van der Waals surface area contributed by atoms with Crippen LogP contribution in [0.2, 0.25) is 5.02 Å². The zero-order chi connectivity index (χ0) is 22.5. The Bertz CT molecular complexity index is 1030. The normalized spacial score (nSPS) is 12.3. The van der Waals surface area contributed by atoms with Gasteiger partial charge in [-0.25, -0.2) is 8.42 Å². The largest absolute Gasteiger partial charge is 0.468 e. The molecule has 0 saturated carbocycles. The van der Waals surface area contributed by atoms with E-state index in [0.717, 1.165) is 39.2 Å². The molecule has 0 unspecified atom stereocenters. The number of hydrogen-bond donors (Lipinski definition) is 1. The molecule has 9 nitrogen and oxygen atoms in total. The number of nitrogens with one attached hydrogen (secondary N) is 1. The van der Waals surface area contributed by atoms with Crippen molar-refractivity contribution in [2.24, 2.45) is 0 Å². The van der Waals surface area contributed by atoms with Crippen LogP contribution in [0, 0.1) is 6.92 Å². The summed E-state index contributed by atoms with van der Waals surface area (Å²) in [6.45, 7) is 3.50. The Morgan fingerprint density at radius 3 is 2.63 bits per heavy atom. The number of anilines is 2. The van der Waals surface area contributed by atoms with E-state index in [9.17, 15) is 18.0 Å². The molecule has 1 aromatic heterocycles. The summed E-state index contributed by atoms with van der Waals surface area (Å²) in [5.74, 6) is -0.903. The van der Waals surface area contributed by atoms with Crippen LogP contribution in [-0.2, 0) is 24.3 Å². The standard InChI is InChI=1S/C17H21ClN4O5S3/c1-5-13(22(30(4,25)26)11-7-6-10(2)12(18)8-11)15(24)19-16-20-21-17(29-16)28-9-14(23)27-3/h6-8,13H,5,9H2,1-4H3,(H,19,20,24)/t13-/m1/s1. The highest BCUT2D eigenvalue weighted by Gasteiger charge is 2.32. The molecule has 1 aromatic carbocycles. The number of esters is 1. The van der Waals surface area contributed by atoms with Crippen molar-refractivity contribution in [2.45, 2.75) is 30.6 Å². The highest BCUT2D eigenvalue weighted by molar-refractivity contribution is 8.01. The molecule has 30 heavy (non-hydrogen) atoms. The zero-order valence-electron chi connectivity index (χ0n) is 16.7. The molecule has 2 aromatic rings. The summed E-state index contributed by atoms with van der Waals surface area (Å²) in [4.78, 5) is 24.1. The van der Waals surface area contributed by atoms with Crippen LogP contribution >= 0.6 is 34.7 Å². The summed E-state index contributed by atoms with van der Waals surface area (Å²) in [5, 5.41) is 11.0. The predicted molar refractivity (Wildman–Crippen MR) is 119 cm³/mol. The number of carbonyl (C=O) groups excluding carboxylic acids is 2. The van der Waals surface area contributed by atoms with E-state index < -0.39 is 27.9 Å². The van der Waals surface area contributed by atoms with Gasteiger partial charge in [0, 0.05) is 5.02 Å². The highest BCUT2D eigenvalue weighted by Crippen LogP contribution is 2.29. The van der Waals surface area contributed by atoms with Crippen molar-refractivity contribution in [3.63, 3.8) is 0 Å². The summed E-state index contributed by atoms with van der Waals surface area (Å²) in [6.07, 6.45) is 1.25. The third-order valence-electron chi connectivity index (χ3n) is 3.92. The molecule has 0 saturated heterocycles. The number of thioether (sulfide) groups is 1. The van der Waals surface area contributed by atoms with Crippen LogP contribution in [-0.4, -0.2) is 55.7 Å². The number of aromatic nitrogens is 2. The molecule has 2 rings (SSSR count). The number of aryl methyl sites for hydroxylation is 1. The minimum atomic E-state index is -3.79. The SMILES string of the molecule is CC[C@H](C(=O)Nc1nnc(SCC(=O)OC)s1)N(c1ccc(C)c(Cl)c1)S(C)(=O)=O. The maximum Gasteiger partial charge on any atom is 0.316 e. The van der Waals surface area contributed by atoms with Crippen LogP contribution < -0.4 is 9.62 Å². The molecule has 1 N–H and O–H groups in total. The summed E-state index contributed by atoms with van der Waals surface area (Å²) in [7, 11) is -2.50. The van der Waals surface area contributed by atoms with Gasteiger partial charge in [-0.3, -0.25) is 19.2 Å². The lowest BCUT2D eigenvalue weighted by atomic mass is 10.1. The van der Waals surface area contributed by atoms with Gasteiger partial charge in [0.2, 0.25) is 21.1 Å². The van der Waals surface area contributed by atoms with Crippen molar-refractivity contribution in [1.82, 2.24) is 10.2 Å². The first-order chi connectivity index (χ1) is 14.1. The Morgan fingerprint density at radius 1 is 1.37 bits per heavy atom. The fourth-order valence-corrected chi connectivity index (χ4v) is 5.43. The first kappa shape index (κ1) is 24.4. The van der Waals surface area contributed by atoms with E-state index in [1.165, 1.54) is 13.2 Å². The van der Waals surface area contributed by atoms with E-state index >= 15 is 0 Å². The van der Waals surface area contributed by atoms with Crippen molar-refractivity contribution >= 4 is 67.4 Å². The van der Waals surface area contributed by atoms with Gasteiger partial charge in [0.05, 0.1) is 24.8 Å². The number of ether oxygens (including phenoxy) is 1. The summed E-state index contributed by atoms with van der Waals surface area (Å²) < 4.78 is 31.1. The van der Waals surface area contributed by atoms with E-state index in [1.54, 1.807) is 26.0 Å². The van der Waals surface area contributed by atoms with Crippen molar-refractivity contribution in [3.8, 4) is 0 Å². The lowest BCUT2D eigenvalue weighted by Crippen LogP contribution is -2.47. The average Bonchev–Trinajstić information content (AvgIpc) is 3.12. The van der Waals surface area contributed by atoms with E-state index in [-0.39, 0.29) is 17.3 Å². The maximum absolute atomic E-state index is 12.9. The second-order valence-corrected chi connectivity index (χ2v) is 10.6.